The van der Waals surface area contributed by atoms with Gasteiger partial charge in [-0.1, -0.05) is 42.3 Å². The molecule has 0 bridgehead atoms. The Balaban J connectivity index is 2.27. The quantitative estimate of drug-likeness (QED) is 0.802. The average Bonchev–Trinajstić information content (AvgIpc) is 2.46. The molecule has 1 aliphatic carbocycles. The standard InChI is InChI=1S/C17H24BrNO2/c1-12(2)13-6-5-9-17(11-13,16(20)21-3)19-15-8-4-7-14(18)10-15/h4,7-8,10,12-13,19H,5-6,9,11H2,1-3H3. The van der Waals surface area contributed by atoms with Crippen molar-refractivity contribution in [3.8, 4) is 0 Å². The third-order valence-electron chi connectivity index (χ3n) is 4.52. The van der Waals surface area contributed by atoms with Crippen LogP contribution in [0, 0.1) is 11.8 Å². The fourth-order valence-corrected chi connectivity index (χ4v) is 3.67. The summed E-state index contributed by atoms with van der Waals surface area (Å²) >= 11 is 3.48. The van der Waals surface area contributed by atoms with Crippen LogP contribution in [0.25, 0.3) is 0 Å². The highest BCUT2D eigenvalue weighted by Gasteiger charge is 2.44. The molecule has 4 heteroatoms. The summed E-state index contributed by atoms with van der Waals surface area (Å²) in [5.74, 6) is 0.990. The molecule has 1 fully saturated rings. The number of benzene rings is 1. The molecule has 2 atom stereocenters. The van der Waals surface area contributed by atoms with Gasteiger partial charge >= 0.3 is 5.97 Å². The van der Waals surface area contributed by atoms with Crippen molar-refractivity contribution in [1.29, 1.82) is 0 Å². The summed E-state index contributed by atoms with van der Waals surface area (Å²) in [5.41, 5.74) is 0.363. The molecule has 2 rings (SSSR count). The van der Waals surface area contributed by atoms with Crippen LogP contribution in [0.15, 0.2) is 28.7 Å². The molecule has 0 radical (unpaired) electrons. The molecule has 1 aromatic carbocycles. The number of esters is 1. The summed E-state index contributed by atoms with van der Waals surface area (Å²) in [5, 5.41) is 3.47. The second-order valence-corrected chi connectivity index (χ2v) is 7.23. The Morgan fingerprint density at radius 1 is 1.48 bits per heavy atom. The van der Waals surface area contributed by atoms with E-state index >= 15 is 0 Å². The summed E-state index contributed by atoms with van der Waals surface area (Å²) < 4.78 is 6.11. The van der Waals surface area contributed by atoms with Crippen LogP contribution < -0.4 is 5.32 Å². The van der Waals surface area contributed by atoms with Gasteiger partial charge in [0, 0.05) is 10.2 Å². The van der Waals surface area contributed by atoms with Crippen LogP contribution in [0.5, 0.6) is 0 Å². The van der Waals surface area contributed by atoms with Gasteiger partial charge in [-0.2, -0.15) is 0 Å². The van der Waals surface area contributed by atoms with Crippen molar-refractivity contribution in [2.75, 3.05) is 12.4 Å². The lowest BCUT2D eigenvalue weighted by Gasteiger charge is -2.41. The zero-order valence-electron chi connectivity index (χ0n) is 13.0. The molecule has 21 heavy (non-hydrogen) atoms. The van der Waals surface area contributed by atoms with E-state index in [0.29, 0.717) is 11.8 Å². The number of hydrogen-bond donors (Lipinski definition) is 1. The minimum absolute atomic E-state index is 0.146. The number of carbonyl (C=O) groups excluding carboxylic acids is 1. The first-order valence-corrected chi connectivity index (χ1v) is 8.38. The Morgan fingerprint density at radius 3 is 2.86 bits per heavy atom. The Kier molecular flexibility index (Phi) is 5.31. The van der Waals surface area contributed by atoms with Gasteiger partial charge in [-0.05, 0) is 49.3 Å². The van der Waals surface area contributed by atoms with Crippen LogP contribution in [-0.4, -0.2) is 18.6 Å². The number of anilines is 1. The smallest absolute Gasteiger partial charge is 0.331 e. The third-order valence-corrected chi connectivity index (χ3v) is 5.01. The van der Waals surface area contributed by atoms with E-state index < -0.39 is 5.54 Å². The normalized spacial score (nSPS) is 25.7. The molecule has 0 heterocycles. The SMILES string of the molecule is COC(=O)C1(Nc2cccc(Br)c2)CCCC(C(C)C)C1. The molecule has 1 aromatic rings. The molecular formula is C17H24BrNO2. The molecular weight excluding hydrogens is 330 g/mol. The summed E-state index contributed by atoms with van der Waals surface area (Å²) in [6.07, 6.45) is 3.91. The fraction of sp³-hybridized carbons (Fsp3) is 0.588. The van der Waals surface area contributed by atoms with Crippen molar-refractivity contribution >= 4 is 27.6 Å². The minimum atomic E-state index is -0.595. The summed E-state index contributed by atoms with van der Waals surface area (Å²) in [6.45, 7) is 4.47. The lowest BCUT2D eigenvalue weighted by Crippen LogP contribution is -2.51. The van der Waals surface area contributed by atoms with E-state index in [1.165, 1.54) is 13.5 Å². The first kappa shape index (κ1) is 16.3. The number of nitrogens with one attached hydrogen (secondary N) is 1. The van der Waals surface area contributed by atoms with Gasteiger partial charge in [0.2, 0.25) is 0 Å². The summed E-state index contributed by atoms with van der Waals surface area (Å²) in [6, 6.07) is 7.95. The first-order chi connectivity index (χ1) is 9.97. The Labute approximate surface area is 135 Å². The number of hydrogen-bond acceptors (Lipinski definition) is 3. The van der Waals surface area contributed by atoms with Crippen molar-refractivity contribution < 1.29 is 9.53 Å². The number of methoxy groups -OCH3 is 1. The van der Waals surface area contributed by atoms with E-state index in [4.69, 9.17) is 4.74 Å². The van der Waals surface area contributed by atoms with Crippen molar-refractivity contribution in [2.45, 2.75) is 45.1 Å². The Hall–Kier alpha value is -1.03. The Bertz CT molecular complexity index is 503. The number of halogens is 1. The molecule has 116 valence electrons. The second kappa shape index (κ2) is 6.82. The monoisotopic (exact) mass is 353 g/mol. The van der Waals surface area contributed by atoms with Crippen LogP contribution in [0.1, 0.15) is 39.5 Å². The zero-order valence-corrected chi connectivity index (χ0v) is 14.6. The van der Waals surface area contributed by atoms with E-state index in [-0.39, 0.29) is 5.97 Å². The number of carbonyl (C=O) groups is 1. The maximum absolute atomic E-state index is 12.4. The van der Waals surface area contributed by atoms with E-state index in [1.807, 2.05) is 24.3 Å². The van der Waals surface area contributed by atoms with Crippen LogP contribution in [-0.2, 0) is 9.53 Å². The highest BCUT2D eigenvalue weighted by atomic mass is 79.9. The van der Waals surface area contributed by atoms with E-state index in [0.717, 1.165) is 29.4 Å². The molecule has 0 aromatic heterocycles. The molecule has 1 aliphatic rings. The lowest BCUT2D eigenvalue weighted by atomic mass is 9.71. The predicted octanol–water partition coefficient (Wildman–Crippen LogP) is 4.62. The van der Waals surface area contributed by atoms with Gasteiger partial charge in [-0.25, -0.2) is 4.79 Å². The van der Waals surface area contributed by atoms with Crippen molar-refractivity contribution in [3.63, 3.8) is 0 Å². The summed E-state index contributed by atoms with van der Waals surface area (Å²) in [7, 11) is 1.48. The van der Waals surface area contributed by atoms with Crippen LogP contribution >= 0.6 is 15.9 Å². The number of ether oxygens (including phenoxy) is 1. The molecule has 0 saturated heterocycles. The first-order valence-electron chi connectivity index (χ1n) is 7.59. The highest BCUT2D eigenvalue weighted by molar-refractivity contribution is 9.10. The van der Waals surface area contributed by atoms with Crippen molar-refractivity contribution in [2.24, 2.45) is 11.8 Å². The molecule has 2 unspecified atom stereocenters. The molecule has 3 nitrogen and oxygen atoms in total. The highest BCUT2D eigenvalue weighted by Crippen LogP contribution is 2.39. The zero-order chi connectivity index (χ0) is 15.5. The molecule has 1 saturated carbocycles. The van der Waals surface area contributed by atoms with E-state index in [1.54, 1.807) is 0 Å². The minimum Gasteiger partial charge on any atom is -0.467 e. The summed E-state index contributed by atoms with van der Waals surface area (Å²) in [4.78, 5) is 12.4. The van der Waals surface area contributed by atoms with E-state index in [2.05, 4.69) is 35.1 Å². The van der Waals surface area contributed by atoms with Crippen LogP contribution in [0.2, 0.25) is 0 Å². The maximum Gasteiger partial charge on any atom is 0.331 e. The maximum atomic E-state index is 12.4. The van der Waals surface area contributed by atoms with Crippen molar-refractivity contribution in [1.82, 2.24) is 0 Å². The fourth-order valence-electron chi connectivity index (χ4n) is 3.27. The van der Waals surface area contributed by atoms with Gasteiger partial charge in [0.25, 0.3) is 0 Å². The third kappa shape index (κ3) is 3.79. The van der Waals surface area contributed by atoms with Crippen molar-refractivity contribution in [3.05, 3.63) is 28.7 Å². The second-order valence-electron chi connectivity index (χ2n) is 6.31. The number of rotatable bonds is 4. The van der Waals surface area contributed by atoms with Gasteiger partial charge in [0.1, 0.15) is 5.54 Å². The molecule has 0 aliphatic heterocycles. The molecule has 0 spiro atoms. The molecule has 0 amide bonds. The van der Waals surface area contributed by atoms with Gasteiger partial charge in [0.15, 0.2) is 0 Å². The topological polar surface area (TPSA) is 38.3 Å². The molecule has 1 N–H and O–H groups in total. The predicted molar refractivity (Wildman–Crippen MR) is 89.3 cm³/mol. The van der Waals surface area contributed by atoms with Gasteiger partial charge in [-0.15, -0.1) is 0 Å². The van der Waals surface area contributed by atoms with Gasteiger partial charge in [0.05, 0.1) is 7.11 Å². The van der Waals surface area contributed by atoms with Crippen LogP contribution in [0.3, 0.4) is 0 Å². The lowest BCUT2D eigenvalue weighted by molar-refractivity contribution is -0.148. The van der Waals surface area contributed by atoms with Crippen LogP contribution in [0.4, 0.5) is 5.69 Å². The largest absolute Gasteiger partial charge is 0.467 e. The Morgan fingerprint density at radius 2 is 2.24 bits per heavy atom. The average molecular weight is 354 g/mol. The van der Waals surface area contributed by atoms with E-state index in [9.17, 15) is 4.79 Å². The van der Waals surface area contributed by atoms with Gasteiger partial charge in [-0.3, -0.25) is 0 Å². The van der Waals surface area contributed by atoms with Gasteiger partial charge < -0.3 is 10.1 Å².